The third-order valence-electron chi connectivity index (χ3n) is 6.55. The van der Waals surface area contributed by atoms with E-state index in [-0.39, 0.29) is 17.9 Å². The molecule has 1 aromatic heterocycles. The maximum Gasteiger partial charge on any atom is 0.296 e. The number of hydrogen-bond acceptors (Lipinski definition) is 6. The molecule has 38 heavy (non-hydrogen) atoms. The van der Waals surface area contributed by atoms with Gasteiger partial charge in [-0.15, -0.1) is 0 Å². The number of benzene rings is 2. The van der Waals surface area contributed by atoms with Crippen molar-refractivity contribution in [1.29, 1.82) is 0 Å². The summed E-state index contributed by atoms with van der Waals surface area (Å²) in [7, 11) is 0. The molecule has 7 heteroatoms. The van der Waals surface area contributed by atoms with Crippen LogP contribution in [0.15, 0.2) is 76.9 Å². The summed E-state index contributed by atoms with van der Waals surface area (Å²) < 4.78 is 17.0. The Morgan fingerprint density at radius 1 is 0.868 bits per heavy atom. The van der Waals surface area contributed by atoms with Gasteiger partial charge in [-0.25, -0.2) is 0 Å². The highest BCUT2D eigenvalue weighted by atomic mass is 16.5. The highest BCUT2D eigenvalue weighted by Gasteiger charge is 2.46. The van der Waals surface area contributed by atoms with Crippen molar-refractivity contribution >= 4 is 17.4 Å². The SMILES string of the molecule is CCCCCOc1ccc(C2C(=C(O)c3ccc(OCCCC)cc3)C(=O)C(=O)N2Cc2ccco2)cc1. The minimum absolute atomic E-state index is 0.0396. The second-order valence-corrected chi connectivity index (χ2v) is 9.36. The van der Waals surface area contributed by atoms with Crippen molar-refractivity contribution in [3.8, 4) is 11.5 Å². The maximum absolute atomic E-state index is 13.3. The standard InChI is InChI=1S/C31H35NO6/c1-3-5-7-19-37-24-14-10-22(11-15-24)28-27(30(34)31(35)32(28)21-26-9-8-20-38-26)29(33)23-12-16-25(17-13-23)36-18-6-4-2/h8-17,20,28,33H,3-7,18-19,21H2,1-2H3. The second-order valence-electron chi connectivity index (χ2n) is 9.36. The van der Waals surface area contributed by atoms with Crippen molar-refractivity contribution < 1.29 is 28.6 Å². The minimum Gasteiger partial charge on any atom is -0.507 e. The molecule has 0 spiro atoms. The van der Waals surface area contributed by atoms with E-state index in [2.05, 4.69) is 13.8 Å². The van der Waals surface area contributed by atoms with E-state index >= 15 is 0 Å². The fourth-order valence-corrected chi connectivity index (χ4v) is 4.45. The zero-order valence-electron chi connectivity index (χ0n) is 22.0. The Hall–Kier alpha value is -4.00. The average Bonchev–Trinajstić information content (AvgIpc) is 3.54. The Balaban J connectivity index is 1.66. The molecule has 1 fully saturated rings. The van der Waals surface area contributed by atoms with Crippen LogP contribution in [0.2, 0.25) is 0 Å². The van der Waals surface area contributed by atoms with Gasteiger partial charge in [0.15, 0.2) is 0 Å². The third kappa shape index (κ3) is 6.28. The summed E-state index contributed by atoms with van der Waals surface area (Å²) in [5, 5.41) is 11.3. The van der Waals surface area contributed by atoms with Crippen molar-refractivity contribution in [2.24, 2.45) is 0 Å². The van der Waals surface area contributed by atoms with Gasteiger partial charge in [-0.3, -0.25) is 9.59 Å². The van der Waals surface area contributed by atoms with Gasteiger partial charge >= 0.3 is 0 Å². The van der Waals surface area contributed by atoms with E-state index in [1.165, 1.54) is 11.2 Å². The number of rotatable bonds is 13. The van der Waals surface area contributed by atoms with Gasteiger partial charge in [0.2, 0.25) is 0 Å². The first-order valence-electron chi connectivity index (χ1n) is 13.3. The van der Waals surface area contributed by atoms with E-state index in [0.717, 1.165) is 32.1 Å². The number of carbonyl (C=O) groups excluding carboxylic acids is 2. The molecule has 1 saturated heterocycles. The third-order valence-corrected chi connectivity index (χ3v) is 6.55. The topological polar surface area (TPSA) is 89.2 Å². The van der Waals surface area contributed by atoms with E-state index in [0.29, 0.717) is 41.6 Å². The summed E-state index contributed by atoms with van der Waals surface area (Å²) in [6, 6.07) is 16.9. The van der Waals surface area contributed by atoms with E-state index < -0.39 is 17.7 Å². The predicted octanol–water partition coefficient (Wildman–Crippen LogP) is 6.65. The Kier molecular flexibility index (Phi) is 9.25. The number of ether oxygens (including phenoxy) is 2. The van der Waals surface area contributed by atoms with E-state index in [9.17, 15) is 14.7 Å². The Morgan fingerprint density at radius 2 is 1.50 bits per heavy atom. The first-order chi connectivity index (χ1) is 18.5. The van der Waals surface area contributed by atoms with Crippen molar-refractivity contribution in [3.05, 3.63) is 89.4 Å². The highest BCUT2D eigenvalue weighted by Crippen LogP contribution is 2.41. The number of furan rings is 1. The van der Waals surface area contributed by atoms with E-state index in [4.69, 9.17) is 13.9 Å². The molecular weight excluding hydrogens is 482 g/mol. The lowest BCUT2D eigenvalue weighted by molar-refractivity contribution is -0.140. The van der Waals surface area contributed by atoms with Crippen LogP contribution in [-0.2, 0) is 16.1 Å². The zero-order chi connectivity index (χ0) is 26.9. The van der Waals surface area contributed by atoms with Crippen LogP contribution in [0.5, 0.6) is 11.5 Å². The number of aliphatic hydroxyl groups excluding tert-OH is 1. The summed E-state index contributed by atoms with van der Waals surface area (Å²) in [4.78, 5) is 27.9. The van der Waals surface area contributed by atoms with Gasteiger partial charge in [-0.1, -0.05) is 45.2 Å². The number of nitrogens with zero attached hydrogens (tertiary/aromatic N) is 1. The normalized spacial score (nSPS) is 16.7. The number of ketones is 1. The molecule has 0 saturated carbocycles. The monoisotopic (exact) mass is 517 g/mol. The minimum atomic E-state index is -0.783. The van der Waals surface area contributed by atoms with Crippen LogP contribution in [0.4, 0.5) is 0 Å². The largest absolute Gasteiger partial charge is 0.507 e. The van der Waals surface area contributed by atoms with Crippen LogP contribution in [0.25, 0.3) is 5.76 Å². The fourth-order valence-electron chi connectivity index (χ4n) is 4.45. The van der Waals surface area contributed by atoms with Crippen molar-refractivity contribution in [1.82, 2.24) is 4.90 Å². The molecule has 0 radical (unpaired) electrons. The molecule has 4 rings (SSSR count). The van der Waals surface area contributed by atoms with Gasteiger partial charge in [-0.2, -0.15) is 0 Å². The molecule has 1 amide bonds. The van der Waals surface area contributed by atoms with Gasteiger partial charge in [0, 0.05) is 5.56 Å². The molecule has 1 atom stereocenters. The number of amides is 1. The zero-order valence-corrected chi connectivity index (χ0v) is 22.0. The van der Waals surface area contributed by atoms with Crippen LogP contribution in [-0.4, -0.2) is 34.9 Å². The molecule has 2 aromatic carbocycles. The fraction of sp³-hybridized carbons (Fsp3) is 0.355. The lowest BCUT2D eigenvalue weighted by atomic mass is 9.95. The molecule has 2 heterocycles. The number of likely N-dealkylation sites (tertiary alicyclic amines) is 1. The molecule has 1 aliphatic rings. The van der Waals surface area contributed by atoms with Gasteiger partial charge < -0.3 is 23.9 Å². The van der Waals surface area contributed by atoms with Gasteiger partial charge in [-0.05, 0) is 66.9 Å². The molecule has 0 bridgehead atoms. The lowest BCUT2D eigenvalue weighted by Crippen LogP contribution is -2.29. The Bertz CT molecular complexity index is 1230. The second kappa shape index (κ2) is 13.0. The summed E-state index contributed by atoms with van der Waals surface area (Å²) in [6.07, 6.45) is 6.70. The number of Topliss-reactive ketones (excluding diaryl/α,β-unsaturated/α-hetero) is 1. The van der Waals surface area contributed by atoms with Crippen LogP contribution >= 0.6 is 0 Å². The van der Waals surface area contributed by atoms with Crippen LogP contribution < -0.4 is 9.47 Å². The van der Waals surface area contributed by atoms with Crippen LogP contribution in [0, 0.1) is 0 Å². The number of carbonyl (C=O) groups is 2. The quantitative estimate of drug-likeness (QED) is 0.118. The molecule has 1 N–H and O–H groups in total. The molecule has 1 unspecified atom stereocenters. The number of unbranched alkanes of at least 4 members (excludes halogenated alkanes) is 3. The summed E-state index contributed by atoms with van der Waals surface area (Å²) in [5.74, 6) is 0.289. The average molecular weight is 518 g/mol. The smallest absolute Gasteiger partial charge is 0.296 e. The Labute approximate surface area is 223 Å². The van der Waals surface area contributed by atoms with E-state index in [1.54, 1.807) is 36.4 Å². The number of aliphatic hydroxyl groups is 1. The van der Waals surface area contributed by atoms with Crippen molar-refractivity contribution in [3.63, 3.8) is 0 Å². The molecule has 1 aliphatic heterocycles. The predicted molar refractivity (Wildman–Crippen MR) is 145 cm³/mol. The number of hydrogen-bond donors (Lipinski definition) is 1. The van der Waals surface area contributed by atoms with Crippen molar-refractivity contribution in [2.45, 2.75) is 58.5 Å². The molecule has 0 aliphatic carbocycles. The highest BCUT2D eigenvalue weighted by molar-refractivity contribution is 6.46. The van der Waals surface area contributed by atoms with Gasteiger partial charge in [0.25, 0.3) is 11.7 Å². The molecule has 3 aromatic rings. The van der Waals surface area contributed by atoms with Gasteiger partial charge in [0.05, 0.1) is 37.6 Å². The van der Waals surface area contributed by atoms with Crippen molar-refractivity contribution in [2.75, 3.05) is 13.2 Å². The van der Waals surface area contributed by atoms with Gasteiger partial charge in [0.1, 0.15) is 23.0 Å². The Morgan fingerprint density at radius 3 is 2.11 bits per heavy atom. The summed E-state index contributed by atoms with van der Waals surface area (Å²) in [6.45, 7) is 5.57. The summed E-state index contributed by atoms with van der Waals surface area (Å²) in [5.41, 5.74) is 1.17. The first-order valence-corrected chi connectivity index (χ1v) is 13.3. The maximum atomic E-state index is 13.3. The summed E-state index contributed by atoms with van der Waals surface area (Å²) >= 11 is 0. The molecule has 200 valence electrons. The van der Waals surface area contributed by atoms with Crippen LogP contribution in [0.1, 0.15) is 68.9 Å². The first kappa shape index (κ1) is 27.0. The lowest BCUT2D eigenvalue weighted by Gasteiger charge is -2.24. The molecule has 7 nitrogen and oxygen atoms in total. The van der Waals surface area contributed by atoms with Crippen LogP contribution in [0.3, 0.4) is 0 Å². The molecular formula is C31H35NO6. The van der Waals surface area contributed by atoms with E-state index in [1.807, 2.05) is 24.3 Å².